The maximum atomic E-state index is 12.1. The Morgan fingerprint density at radius 1 is 1.06 bits per heavy atom. The molecule has 0 aliphatic heterocycles. The second-order valence-corrected chi connectivity index (χ2v) is 5.06. The molecule has 0 nitrogen and oxygen atoms in total. The van der Waals surface area contributed by atoms with E-state index in [-0.39, 0.29) is 0 Å². The highest BCUT2D eigenvalue weighted by atomic mass is 19.3. The van der Waals surface area contributed by atoms with E-state index in [1.807, 2.05) is 12.1 Å². The van der Waals surface area contributed by atoms with Crippen LogP contribution in [0.1, 0.15) is 49.7 Å². The first-order valence-electron chi connectivity index (χ1n) is 6.28. The monoisotopic (exact) mass is 236 g/mol. The molecule has 1 aromatic rings. The summed E-state index contributed by atoms with van der Waals surface area (Å²) in [6, 6.07) is 7.56. The first-order valence-corrected chi connectivity index (χ1v) is 6.28. The zero-order valence-electron chi connectivity index (χ0n) is 10.1. The SMILES string of the molecule is CC1CCC(c2ccc(C=C(F)F)cc2)CC1. The van der Waals surface area contributed by atoms with Gasteiger partial charge in [0, 0.05) is 6.08 Å². The zero-order chi connectivity index (χ0) is 12.3. The Labute approximate surface area is 101 Å². The van der Waals surface area contributed by atoms with Crippen LogP contribution in [0.4, 0.5) is 8.78 Å². The Balaban J connectivity index is 2.05. The van der Waals surface area contributed by atoms with Crippen LogP contribution in [0.15, 0.2) is 30.3 Å². The summed E-state index contributed by atoms with van der Waals surface area (Å²) in [6.07, 6.45) is 4.30. The van der Waals surface area contributed by atoms with Crippen molar-refractivity contribution < 1.29 is 8.78 Å². The topological polar surface area (TPSA) is 0 Å². The second kappa shape index (κ2) is 5.44. The molecule has 1 aromatic carbocycles. The predicted octanol–water partition coefficient (Wildman–Crippen LogP) is 5.22. The molecule has 17 heavy (non-hydrogen) atoms. The summed E-state index contributed by atoms with van der Waals surface area (Å²) in [6.45, 7) is 2.30. The van der Waals surface area contributed by atoms with Crippen molar-refractivity contribution in [2.45, 2.75) is 38.5 Å². The molecule has 1 aliphatic rings. The van der Waals surface area contributed by atoms with Gasteiger partial charge in [-0.1, -0.05) is 44.0 Å². The molecule has 1 aliphatic carbocycles. The van der Waals surface area contributed by atoms with Crippen molar-refractivity contribution in [2.24, 2.45) is 5.92 Å². The van der Waals surface area contributed by atoms with Gasteiger partial charge in [0.25, 0.3) is 6.08 Å². The highest BCUT2D eigenvalue weighted by molar-refractivity contribution is 5.50. The molecule has 0 amide bonds. The molecular weight excluding hydrogens is 218 g/mol. The molecule has 0 bridgehead atoms. The van der Waals surface area contributed by atoms with E-state index in [9.17, 15) is 8.78 Å². The van der Waals surface area contributed by atoms with Gasteiger partial charge in [-0.3, -0.25) is 0 Å². The molecule has 0 spiro atoms. The first kappa shape index (κ1) is 12.3. The maximum Gasteiger partial charge on any atom is 0.270 e. The van der Waals surface area contributed by atoms with Crippen molar-refractivity contribution in [1.29, 1.82) is 0 Å². The van der Waals surface area contributed by atoms with Crippen LogP contribution in [-0.2, 0) is 0 Å². The molecule has 1 saturated carbocycles. The third-order valence-electron chi connectivity index (χ3n) is 3.70. The molecule has 1 fully saturated rings. The van der Waals surface area contributed by atoms with Gasteiger partial charge in [-0.05, 0) is 35.8 Å². The summed E-state index contributed by atoms with van der Waals surface area (Å²) in [4.78, 5) is 0. The minimum absolute atomic E-state index is 0.581. The second-order valence-electron chi connectivity index (χ2n) is 5.06. The number of rotatable bonds is 2. The van der Waals surface area contributed by atoms with Gasteiger partial charge < -0.3 is 0 Å². The molecule has 0 unspecified atom stereocenters. The molecular formula is C15H18F2. The van der Waals surface area contributed by atoms with Crippen molar-refractivity contribution in [1.82, 2.24) is 0 Å². The van der Waals surface area contributed by atoms with Gasteiger partial charge in [0.05, 0.1) is 0 Å². The summed E-state index contributed by atoms with van der Waals surface area (Å²) in [5, 5.41) is 0. The third-order valence-corrected chi connectivity index (χ3v) is 3.70. The van der Waals surface area contributed by atoms with Gasteiger partial charge in [0.1, 0.15) is 0 Å². The molecule has 0 atom stereocenters. The van der Waals surface area contributed by atoms with Gasteiger partial charge in [0.2, 0.25) is 0 Å². The molecule has 0 radical (unpaired) electrons. The van der Waals surface area contributed by atoms with Crippen LogP contribution in [0.2, 0.25) is 0 Å². The number of halogens is 2. The number of benzene rings is 1. The number of hydrogen-bond acceptors (Lipinski definition) is 0. The van der Waals surface area contributed by atoms with Crippen molar-refractivity contribution in [3.8, 4) is 0 Å². The van der Waals surface area contributed by atoms with E-state index in [2.05, 4.69) is 6.92 Å². The number of hydrogen-bond donors (Lipinski definition) is 0. The first-order chi connectivity index (χ1) is 8.15. The van der Waals surface area contributed by atoms with Gasteiger partial charge in [-0.2, -0.15) is 8.78 Å². The lowest BCUT2D eigenvalue weighted by atomic mass is 9.79. The fraction of sp³-hybridized carbons (Fsp3) is 0.467. The third kappa shape index (κ3) is 3.39. The smallest absolute Gasteiger partial charge is 0.173 e. The zero-order valence-corrected chi connectivity index (χ0v) is 10.1. The fourth-order valence-electron chi connectivity index (χ4n) is 2.58. The van der Waals surface area contributed by atoms with E-state index in [4.69, 9.17) is 0 Å². The van der Waals surface area contributed by atoms with Crippen LogP contribution in [0.25, 0.3) is 6.08 Å². The molecule has 0 aromatic heterocycles. The van der Waals surface area contributed by atoms with Crippen LogP contribution >= 0.6 is 0 Å². The average Bonchev–Trinajstić information content (AvgIpc) is 2.30. The van der Waals surface area contributed by atoms with E-state index in [0.717, 1.165) is 12.0 Å². The Morgan fingerprint density at radius 3 is 2.18 bits per heavy atom. The van der Waals surface area contributed by atoms with Gasteiger partial charge in [-0.25, -0.2) is 0 Å². The minimum Gasteiger partial charge on any atom is -0.173 e. The lowest BCUT2D eigenvalue weighted by Crippen LogP contribution is -2.10. The average molecular weight is 236 g/mol. The largest absolute Gasteiger partial charge is 0.270 e. The van der Waals surface area contributed by atoms with Gasteiger partial charge >= 0.3 is 0 Å². The quantitative estimate of drug-likeness (QED) is 0.660. The minimum atomic E-state index is -1.63. The molecule has 0 saturated heterocycles. The standard InChI is InChI=1S/C15H18F2/c1-11-2-6-13(7-3-11)14-8-4-12(5-9-14)10-15(16)17/h4-5,8-11,13H,2-3,6-7H2,1H3. The molecule has 2 heteroatoms. The van der Waals surface area contributed by atoms with Crippen LogP contribution < -0.4 is 0 Å². The van der Waals surface area contributed by atoms with E-state index in [0.29, 0.717) is 11.5 Å². The van der Waals surface area contributed by atoms with Crippen LogP contribution in [0.3, 0.4) is 0 Å². The van der Waals surface area contributed by atoms with Crippen molar-refractivity contribution in [3.63, 3.8) is 0 Å². The van der Waals surface area contributed by atoms with E-state index < -0.39 is 6.08 Å². The normalized spacial score (nSPS) is 24.4. The Kier molecular flexibility index (Phi) is 3.93. The van der Waals surface area contributed by atoms with Crippen molar-refractivity contribution >= 4 is 6.08 Å². The molecule has 92 valence electrons. The fourth-order valence-corrected chi connectivity index (χ4v) is 2.58. The Hall–Kier alpha value is -1.18. The van der Waals surface area contributed by atoms with Crippen molar-refractivity contribution in [3.05, 3.63) is 41.5 Å². The lowest BCUT2D eigenvalue weighted by molar-refractivity contribution is 0.348. The van der Waals surface area contributed by atoms with Crippen LogP contribution in [0.5, 0.6) is 0 Å². The molecule has 2 rings (SSSR count). The van der Waals surface area contributed by atoms with Gasteiger partial charge in [0.15, 0.2) is 0 Å². The van der Waals surface area contributed by atoms with Crippen molar-refractivity contribution in [2.75, 3.05) is 0 Å². The summed E-state index contributed by atoms with van der Waals surface area (Å²) >= 11 is 0. The van der Waals surface area contributed by atoms with Crippen LogP contribution in [-0.4, -0.2) is 0 Å². The molecule has 0 N–H and O–H groups in total. The Bertz CT molecular complexity index is 380. The van der Waals surface area contributed by atoms with Gasteiger partial charge in [-0.15, -0.1) is 0 Å². The summed E-state index contributed by atoms with van der Waals surface area (Å²) in [5.74, 6) is 1.47. The highest BCUT2D eigenvalue weighted by Crippen LogP contribution is 2.35. The van der Waals surface area contributed by atoms with E-state index in [1.54, 1.807) is 12.1 Å². The lowest BCUT2D eigenvalue weighted by Gasteiger charge is -2.26. The summed E-state index contributed by atoms with van der Waals surface area (Å²) < 4.78 is 24.2. The van der Waals surface area contributed by atoms with E-state index >= 15 is 0 Å². The van der Waals surface area contributed by atoms with E-state index in [1.165, 1.54) is 31.2 Å². The van der Waals surface area contributed by atoms with Crippen LogP contribution in [0, 0.1) is 5.92 Å². The Morgan fingerprint density at radius 2 is 1.65 bits per heavy atom. The summed E-state index contributed by atoms with van der Waals surface area (Å²) in [5.41, 5.74) is 1.88. The molecule has 0 heterocycles. The maximum absolute atomic E-state index is 12.1. The highest BCUT2D eigenvalue weighted by Gasteiger charge is 2.19. The predicted molar refractivity (Wildman–Crippen MR) is 67.0 cm³/mol. The summed E-state index contributed by atoms with van der Waals surface area (Å²) in [7, 11) is 0.